The Balaban J connectivity index is 2.74. The molecule has 5 heteroatoms. The number of benzene rings is 1. The highest BCUT2D eigenvalue weighted by atomic mass is 35.5. The molecule has 16 heavy (non-hydrogen) atoms. The molecule has 1 aromatic rings. The summed E-state index contributed by atoms with van der Waals surface area (Å²) in [6, 6.07) is 6.91. The summed E-state index contributed by atoms with van der Waals surface area (Å²) in [7, 11) is 0. The quantitative estimate of drug-likeness (QED) is 0.782. The van der Waals surface area contributed by atoms with Crippen LogP contribution in [-0.2, 0) is 0 Å². The van der Waals surface area contributed by atoms with Crippen LogP contribution < -0.4 is 9.57 Å². The summed E-state index contributed by atoms with van der Waals surface area (Å²) in [6.07, 6.45) is -1.03. The fourth-order valence-electron chi connectivity index (χ4n) is 1.22. The van der Waals surface area contributed by atoms with Crippen molar-refractivity contribution in [1.29, 1.82) is 0 Å². The van der Waals surface area contributed by atoms with Gasteiger partial charge in [-0.05, 0) is 36.4 Å². The van der Waals surface area contributed by atoms with Crippen molar-refractivity contribution in [2.45, 2.75) is 19.1 Å². The molecule has 0 bridgehead atoms. The van der Waals surface area contributed by atoms with Crippen LogP contribution in [0.25, 0.3) is 0 Å². The summed E-state index contributed by atoms with van der Waals surface area (Å²) in [5.74, 6) is 0.441. The van der Waals surface area contributed by atoms with Gasteiger partial charge in [-0.2, -0.15) is 0 Å². The number of hydrogen-bond donors (Lipinski definition) is 1. The Morgan fingerprint density at radius 1 is 1.38 bits per heavy atom. The molecular weight excluding hydrogens is 236 g/mol. The molecule has 0 heterocycles. The zero-order chi connectivity index (χ0) is 12.0. The van der Waals surface area contributed by atoms with E-state index in [4.69, 9.17) is 16.5 Å². The average Bonchev–Trinajstić information content (AvgIpc) is 2.35. The Hall–Kier alpha value is -0.870. The highest BCUT2D eigenvalue weighted by Crippen LogP contribution is 2.20. The first-order valence-corrected chi connectivity index (χ1v) is 5.33. The van der Waals surface area contributed by atoms with Crippen molar-refractivity contribution in [3.8, 4) is 5.75 Å². The molecule has 0 aromatic heterocycles. The van der Waals surface area contributed by atoms with Gasteiger partial charge in [-0.25, -0.2) is 13.6 Å². The molecule has 0 unspecified atom stereocenters. The van der Waals surface area contributed by atoms with E-state index in [2.05, 4.69) is 4.84 Å². The fraction of sp³-hybridized carbons (Fsp3) is 0.455. The van der Waals surface area contributed by atoms with Crippen LogP contribution in [0.15, 0.2) is 24.3 Å². The third kappa shape index (κ3) is 3.61. The second-order valence-electron chi connectivity index (χ2n) is 3.45. The second-order valence-corrected chi connectivity index (χ2v) is 3.67. The molecule has 1 atom stereocenters. The molecule has 0 radical (unpaired) electrons. The van der Waals surface area contributed by atoms with Gasteiger partial charge in [0.05, 0.1) is 0 Å². The van der Waals surface area contributed by atoms with Crippen molar-refractivity contribution in [3.63, 3.8) is 0 Å². The van der Waals surface area contributed by atoms with Crippen molar-refractivity contribution in [1.82, 2.24) is 4.84 Å². The summed E-state index contributed by atoms with van der Waals surface area (Å²) >= 11 is 5.49. The first-order valence-electron chi connectivity index (χ1n) is 4.96. The molecule has 1 rings (SSSR count). The molecular formula is C11H14ClF2NO. The van der Waals surface area contributed by atoms with Gasteiger partial charge in [0.2, 0.25) is 0 Å². The van der Waals surface area contributed by atoms with E-state index in [-0.39, 0.29) is 6.04 Å². The third-order valence-corrected chi connectivity index (χ3v) is 2.50. The lowest BCUT2D eigenvalue weighted by Gasteiger charge is -2.15. The minimum absolute atomic E-state index is 0.0561. The average molecular weight is 250 g/mol. The van der Waals surface area contributed by atoms with Gasteiger partial charge in [-0.15, -0.1) is 0 Å². The number of alkyl halides is 2. The first-order chi connectivity index (χ1) is 7.71. The summed E-state index contributed by atoms with van der Waals surface area (Å²) in [6.45, 7) is 0.183. The highest BCUT2D eigenvalue weighted by molar-refractivity contribution is 6.13. The summed E-state index contributed by atoms with van der Waals surface area (Å²) in [5, 5.41) is 0. The maximum Gasteiger partial charge on any atom is 0.155 e. The minimum Gasteiger partial charge on any atom is -0.485 e. The molecule has 0 amide bonds. The van der Waals surface area contributed by atoms with Crippen LogP contribution in [0.5, 0.6) is 5.75 Å². The standard InChI is InChI=1S/C11H14ClF2NO/c1-8(15-12)9-3-2-4-10(5-9)16-11(6-13)7-14/h2-5,8,11,15H,6-7H2,1H3/t8-/m1/s1. The SMILES string of the molecule is C[C@@H](NCl)c1cccc(OC(CF)CF)c1. The van der Waals surface area contributed by atoms with Gasteiger partial charge in [0, 0.05) is 6.04 Å². The van der Waals surface area contributed by atoms with Crippen molar-refractivity contribution in [3.05, 3.63) is 29.8 Å². The predicted molar refractivity (Wildman–Crippen MR) is 60.2 cm³/mol. The number of halogens is 3. The maximum absolute atomic E-state index is 12.3. The van der Waals surface area contributed by atoms with Gasteiger partial charge in [0.15, 0.2) is 6.10 Å². The Kier molecular flexibility index (Phi) is 5.49. The van der Waals surface area contributed by atoms with Crippen molar-refractivity contribution < 1.29 is 13.5 Å². The van der Waals surface area contributed by atoms with E-state index in [1.807, 2.05) is 13.0 Å². The zero-order valence-corrected chi connectivity index (χ0v) is 9.68. The van der Waals surface area contributed by atoms with E-state index >= 15 is 0 Å². The van der Waals surface area contributed by atoms with Crippen LogP contribution >= 0.6 is 11.8 Å². The molecule has 90 valence electrons. The topological polar surface area (TPSA) is 21.3 Å². The number of rotatable bonds is 6. The Morgan fingerprint density at radius 2 is 2.06 bits per heavy atom. The molecule has 0 saturated heterocycles. The molecule has 2 nitrogen and oxygen atoms in total. The lowest BCUT2D eigenvalue weighted by atomic mass is 10.1. The van der Waals surface area contributed by atoms with Gasteiger partial charge >= 0.3 is 0 Å². The number of nitrogens with one attached hydrogen (secondary N) is 1. The van der Waals surface area contributed by atoms with E-state index in [9.17, 15) is 8.78 Å². The van der Waals surface area contributed by atoms with Crippen LogP contribution in [-0.4, -0.2) is 19.5 Å². The molecule has 1 N–H and O–H groups in total. The van der Waals surface area contributed by atoms with E-state index < -0.39 is 19.5 Å². The van der Waals surface area contributed by atoms with E-state index in [0.717, 1.165) is 5.56 Å². The summed E-state index contributed by atoms with van der Waals surface area (Å²) in [4.78, 5) is 2.56. The van der Waals surface area contributed by atoms with Crippen LogP contribution in [0.2, 0.25) is 0 Å². The van der Waals surface area contributed by atoms with Gasteiger partial charge in [-0.3, -0.25) is 0 Å². The Labute approximate surface area is 98.7 Å². The second kappa shape index (κ2) is 6.66. The predicted octanol–water partition coefficient (Wildman–Crippen LogP) is 3.18. The molecule has 0 aliphatic rings. The molecule has 0 saturated carbocycles. The molecule has 0 spiro atoms. The largest absolute Gasteiger partial charge is 0.485 e. The number of hydrogen-bond acceptors (Lipinski definition) is 2. The van der Waals surface area contributed by atoms with Crippen LogP contribution in [0, 0.1) is 0 Å². The first kappa shape index (κ1) is 13.2. The molecule has 1 aromatic carbocycles. The Morgan fingerprint density at radius 3 is 2.62 bits per heavy atom. The lowest BCUT2D eigenvalue weighted by molar-refractivity contribution is 0.133. The zero-order valence-electron chi connectivity index (χ0n) is 8.92. The number of ether oxygens (including phenoxy) is 1. The highest BCUT2D eigenvalue weighted by Gasteiger charge is 2.11. The third-order valence-electron chi connectivity index (χ3n) is 2.17. The normalized spacial score (nSPS) is 12.8. The molecule has 0 fully saturated rings. The lowest BCUT2D eigenvalue weighted by Crippen LogP contribution is -2.21. The van der Waals surface area contributed by atoms with Crippen molar-refractivity contribution in [2.75, 3.05) is 13.3 Å². The molecule has 0 aliphatic carbocycles. The van der Waals surface area contributed by atoms with Crippen LogP contribution in [0.3, 0.4) is 0 Å². The fourth-order valence-corrected chi connectivity index (χ4v) is 1.34. The summed E-state index contributed by atoms with van der Waals surface area (Å²) < 4.78 is 29.7. The minimum atomic E-state index is -1.03. The maximum atomic E-state index is 12.3. The van der Waals surface area contributed by atoms with E-state index in [0.29, 0.717) is 5.75 Å². The van der Waals surface area contributed by atoms with Gasteiger partial charge in [0.1, 0.15) is 19.1 Å². The van der Waals surface area contributed by atoms with E-state index in [1.165, 1.54) is 0 Å². The van der Waals surface area contributed by atoms with Crippen molar-refractivity contribution in [2.24, 2.45) is 0 Å². The van der Waals surface area contributed by atoms with Gasteiger partial charge < -0.3 is 4.74 Å². The van der Waals surface area contributed by atoms with Crippen molar-refractivity contribution >= 4 is 11.8 Å². The van der Waals surface area contributed by atoms with Crippen LogP contribution in [0.1, 0.15) is 18.5 Å². The van der Waals surface area contributed by atoms with Crippen LogP contribution in [0.4, 0.5) is 8.78 Å². The van der Waals surface area contributed by atoms with E-state index in [1.54, 1.807) is 18.2 Å². The molecule has 0 aliphatic heterocycles. The monoisotopic (exact) mass is 249 g/mol. The Bertz CT molecular complexity index is 321. The summed E-state index contributed by atoms with van der Waals surface area (Å²) in [5.41, 5.74) is 0.893. The smallest absolute Gasteiger partial charge is 0.155 e. The van der Waals surface area contributed by atoms with Gasteiger partial charge in [-0.1, -0.05) is 12.1 Å². The van der Waals surface area contributed by atoms with Gasteiger partial charge in [0.25, 0.3) is 0 Å².